The van der Waals surface area contributed by atoms with Gasteiger partial charge in [-0.25, -0.2) is 0 Å². The molecule has 0 bridgehead atoms. The van der Waals surface area contributed by atoms with Crippen molar-refractivity contribution in [3.05, 3.63) is 24.0 Å². The summed E-state index contributed by atoms with van der Waals surface area (Å²) in [7, 11) is 3.93. The van der Waals surface area contributed by atoms with E-state index in [1.807, 2.05) is 18.8 Å². The molecule has 1 aliphatic heterocycles. The summed E-state index contributed by atoms with van der Waals surface area (Å²) in [6.07, 6.45) is 2.07. The van der Waals surface area contributed by atoms with E-state index in [9.17, 15) is 0 Å². The fraction of sp³-hybridized carbons (Fsp3) is 0.643. The number of rotatable bonds is 2. The summed E-state index contributed by atoms with van der Waals surface area (Å²) < 4.78 is 2.44. The molecule has 0 spiro atoms. The molecule has 0 atom stereocenters. The Bertz CT molecular complexity index is 450. The normalized spacial score (nSPS) is 19.6. The summed E-state index contributed by atoms with van der Waals surface area (Å²) in [4.78, 5) is 6.78. The Kier molecular flexibility index (Phi) is 4.45. The molecule has 0 aliphatic carbocycles. The first-order chi connectivity index (χ1) is 9.02. The second-order valence-corrected chi connectivity index (χ2v) is 7.34. The number of aryl methyl sites for hydroxylation is 1. The van der Waals surface area contributed by atoms with Crippen LogP contribution in [-0.2, 0) is 13.6 Å². The van der Waals surface area contributed by atoms with Crippen molar-refractivity contribution in [1.29, 1.82) is 0 Å². The predicted octanol–water partition coefficient (Wildman–Crippen LogP) is 1.93. The van der Waals surface area contributed by atoms with Crippen LogP contribution < -0.4 is 5.32 Å². The van der Waals surface area contributed by atoms with Crippen LogP contribution in [0.2, 0.25) is 0 Å². The Morgan fingerprint density at radius 1 is 1.53 bits per heavy atom. The molecule has 1 aromatic heterocycles. The van der Waals surface area contributed by atoms with Crippen LogP contribution in [0.15, 0.2) is 23.3 Å². The van der Waals surface area contributed by atoms with E-state index in [0.29, 0.717) is 4.75 Å². The van der Waals surface area contributed by atoms with Gasteiger partial charge in [0.05, 0.1) is 6.54 Å². The van der Waals surface area contributed by atoms with Crippen LogP contribution in [0.3, 0.4) is 0 Å². The molecule has 1 saturated heterocycles. The van der Waals surface area contributed by atoms with Crippen molar-refractivity contribution in [2.24, 2.45) is 12.0 Å². The SMILES string of the molecule is CN=C(NCc1cccn1C)N1CCSC(C)(C)C1. The van der Waals surface area contributed by atoms with Crippen LogP contribution in [0.5, 0.6) is 0 Å². The van der Waals surface area contributed by atoms with E-state index < -0.39 is 0 Å². The minimum atomic E-state index is 0.306. The lowest BCUT2D eigenvalue weighted by Gasteiger charge is -2.39. The quantitative estimate of drug-likeness (QED) is 0.664. The lowest BCUT2D eigenvalue weighted by Crippen LogP contribution is -2.50. The van der Waals surface area contributed by atoms with Crippen molar-refractivity contribution in [3.63, 3.8) is 0 Å². The van der Waals surface area contributed by atoms with E-state index >= 15 is 0 Å². The maximum atomic E-state index is 4.42. The molecule has 19 heavy (non-hydrogen) atoms. The highest BCUT2D eigenvalue weighted by atomic mass is 32.2. The van der Waals surface area contributed by atoms with Gasteiger partial charge in [0.2, 0.25) is 0 Å². The summed E-state index contributed by atoms with van der Waals surface area (Å²) in [5.41, 5.74) is 1.27. The number of nitrogens with zero attached hydrogens (tertiary/aromatic N) is 3. The second-order valence-electron chi connectivity index (χ2n) is 5.54. The van der Waals surface area contributed by atoms with Crippen LogP contribution >= 0.6 is 11.8 Å². The van der Waals surface area contributed by atoms with Gasteiger partial charge < -0.3 is 14.8 Å². The van der Waals surface area contributed by atoms with Gasteiger partial charge in [0.15, 0.2) is 5.96 Å². The third kappa shape index (κ3) is 3.69. The van der Waals surface area contributed by atoms with Gasteiger partial charge in [-0.15, -0.1) is 0 Å². The number of aliphatic imine (C=N–C) groups is 1. The third-order valence-electron chi connectivity index (χ3n) is 3.42. The van der Waals surface area contributed by atoms with Gasteiger partial charge in [-0.05, 0) is 26.0 Å². The zero-order valence-electron chi connectivity index (χ0n) is 12.3. The summed E-state index contributed by atoms with van der Waals surface area (Å²) in [5, 5.41) is 3.47. The summed E-state index contributed by atoms with van der Waals surface area (Å²) >= 11 is 2.04. The van der Waals surface area contributed by atoms with Crippen LogP contribution in [-0.4, -0.2) is 46.1 Å². The van der Waals surface area contributed by atoms with Gasteiger partial charge in [0.25, 0.3) is 0 Å². The maximum absolute atomic E-state index is 4.42. The average Bonchev–Trinajstić information content (AvgIpc) is 2.75. The minimum Gasteiger partial charge on any atom is -0.353 e. The minimum absolute atomic E-state index is 0.306. The number of nitrogens with one attached hydrogen (secondary N) is 1. The topological polar surface area (TPSA) is 32.6 Å². The van der Waals surface area contributed by atoms with Gasteiger partial charge >= 0.3 is 0 Å². The zero-order valence-corrected chi connectivity index (χ0v) is 13.1. The Hall–Kier alpha value is -1.10. The number of guanidine groups is 1. The lowest BCUT2D eigenvalue weighted by molar-refractivity contribution is 0.375. The molecule has 2 heterocycles. The molecule has 4 nitrogen and oxygen atoms in total. The molecule has 0 aromatic carbocycles. The molecular weight excluding hydrogens is 256 g/mol. The van der Waals surface area contributed by atoms with Crippen LogP contribution in [0, 0.1) is 0 Å². The first-order valence-corrected chi connectivity index (χ1v) is 7.70. The highest BCUT2D eigenvalue weighted by Gasteiger charge is 2.28. The lowest BCUT2D eigenvalue weighted by atomic mass is 10.2. The van der Waals surface area contributed by atoms with E-state index in [-0.39, 0.29) is 0 Å². The van der Waals surface area contributed by atoms with E-state index in [2.05, 4.69) is 59.0 Å². The van der Waals surface area contributed by atoms with Crippen molar-refractivity contribution in [2.45, 2.75) is 25.1 Å². The number of hydrogen-bond acceptors (Lipinski definition) is 2. The molecular formula is C14H24N4S. The summed E-state index contributed by atoms with van der Waals surface area (Å²) in [5.74, 6) is 2.17. The van der Waals surface area contributed by atoms with Gasteiger partial charge in [0.1, 0.15) is 0 Å². The van der Waals surface area contributed by atoms with Crippen molar-refractivity contribution in [2.75, 3.05) is 25.9 Å². The first kappa shape index (κ1) is 14.3. The molecule has 5 heteroatoms. The molecule has 1 aromatic rings. The Morgan fingerprint density at radius 3 is 2.89 bits per heavy atom. The van der Waals surface area contributed by atoms with Crippen LogP contribution in [0.25, 0.3) is 0 Å². The smallest absolute Gasteiger partial charge is 0.194 e. The van der Waals surface area contributed by atoms with E-state index in [1.165, 1.54) is 5.69 Å². The number of aromatic nitrogens is 1. The van der Waals surface area contributed by atoms with E-state index in [1.54, 1.807) is 0 Å². The van der Waals surface area contributed by atoms with Gasteiger partial charge in [-0.1, -0.05) is 0 Å². The zero-order chi connectivity index (χ0) is 13.9. The van der Waals surface area contributed by atoms with E-state index in [4.69, 9.17) is 0 Å². The predicted molar refractivity (Wildman–Crippen MR) is 83.7 cm³/mol. The Morgan fingerprint density at radius 2 is 2.32 bits per heavy atom. The van der Waals surface area contributed by atoms with Crippen molar-refractivity contribution in [1.82, 2.24) is 14.8 Å². The second kappa shape index (κ2) is 5.90. The molecule has 0 amide bonds. The van der Waals surface area contributed by atoms with Crippen molar-refractivity contribution in [3.8, 4) is 0 Å². The highest BCUT2D eigenvalue weighted by molar-refractivity contribution is 8.00. The fourth-order valence-electron chi connectivity index (χ4n) is 2.38. The molecule has 1 aliphatic rings. The Labute approximate surface area is 120 Å². The van der Waals surface area contributed by atoms with E-state index in [0.717, 1.165) is 31.3 Å². The van der Waals surface area contributed by atoms with Gasteiger partial charge in [-0.3, -0.25) is 4.99 Å². The number of thioether (sulfide) groups is 1. The number of hydrogen-bond donors (Lipinski definition) is 1. The van der Waals surface area contributed by atoms with Crippen LogP contribution in [0.4, 0.5) is 0 Å². The molecule has 0 saturated carbocycles. The first-order valence-electron chi connectivity index (χ1n) is 6.71. The summed E-state index contributed by atoms with van der Waals surface area (Å²) in [6, 6.07) is 4.21. The van der Waals surface area contributed by atoms with Gasteiger partial charge in [0, 0.05) is 49.6 Å². The molecule has 0 radical (unpaired) electrons. The monoisotopic (exact) mass is 280 g/mol. The molecule has 1 fully saturated rings. The van der Waals surface area contributed by atoms with Crippen molar-refractivity contribution >= 4 is 17.7 Å². The largest absolute Gasteiger partial charge is 0.353 e. The standard InChI is InChI=1S/C14H24N4S/c1-14(2)11-18(8-9-19-14)13(15-3)16-10-12-6-5-7-17(12)4/h5-7H,8-11H2,1-4H3,(H,15,16). The third-order valence-corrected chi connectivity index (χ3v) is 4.71. The van der Waals surface area contributed by atoms with Crippen molar-refractivity contribution < 1.29 is 0 Å². The van der Waals surface area contributed by atoms with Crippen LogP contribution in [0.1, 0.15) is 19.5 Å². The maximum Gasteiger partial charge on any atom is 0.194 e. The molecule has 1 N–H and O–H groups in total. The Balaban J connectivity index is 1.95. The fourth-order valence-corrected chi connectivity index (χ4v) is 3.49. The average molecular weight is 280 g/mol. The summed E-state index contributed by atoms with van der Waals surface area (Å²) in [6.45, 7) is 7.54. The molecule has 106 valence electrons. The highest BCUT2D eigenvalue weighted by Crippen LogP contribution is 2.29. The van der Waals surface area contributed by atoms with Gasteiger partial charge in [-0.2, -0.15) is 11.8 Å². The molecule has 2 rings (SSSR count). The molecule has 0 unspecified atom stereocenters.